The van der Waals surface area contributed by atoms with E-state index in [2.05, 4.69) is 0 Å². The number of hydrogen-bond donors (Lipinski definition) is 1. The molecule has 0 spiro atoms. The third kappa shape index (κ3) is 4.94. The second-order valence-electron chi connectivity index (χ2n) is 5.97. The molecular weight excluding hydrogens is 278 g/mol. The first-order chi connectivity index (χ1) is 9.00. The van der Waals surface area contributed by atoms with Gasteiger partial charge in [-0.2, -0.15) is 0 Å². The fourth-order valence-electron chi connectivity index (χ4n) is 1.57. The summed E-state index contributed by atoms with van der Waals surface area (Å²) < 4.78 is 27.9. The predicted octanol–water partition coefficient (Wildman–Crippen LogP) is 2.24. The van der Waals surface area contributed by atoms with Crippen molar-refractivity contribution in [1.82, 2.24) is 0 Å². The second kappa shape index (κ2) is 5.93. The minimum Gasteiger partial charge on any atom is -0.462 e. The van der Waals surface area contributed by atoms with Gasteiger partial charge in [0, 0.05) is 0 Å². The van der Waals surface area contributed by atoms with E-state index in [1.54, 1.807) is 13.0 Å². The fraction of sp³-hybridized carbons (Fsp3) is 0.500. The van der Waals surface area contributed by atoms with Crippen molar-refractivity contribution in [2.24, 2.45) is 10.6 Å². The van der Waals surface area contributed by atoms with Crippen molar-refractivity contribution in [2.45, 2.75) is 39.0 Å². The number of nitrogens with two attached hydrogens (primary N) is 1. The van der Waals surface area contributed by atoms with Gasteiger partial charge in [-0.15, -0.1) is 0 Å². The molecule has 0 aliphatic rings. The molecule has 0 atom stereocenters. The molecule has 0 amide bonds. The summed E-state index contributed by atoms with van der Waals surface area (Å²) in [4.78, 5) is 11.8. The van der Waals surface area contributed by atoms with E-state index in [1.165, 1.54) is 12.1 Å². The average molecular weight is 299 g/mol. The van der Waals surface area contributed by atoms with Gasteiger partial charge in [0.15, 0.2) is 0 Å². The first-order valence-corrected chi connectivity index (χ1v) is 7.86. The lowest BCUT2D eigenvalue weighted by Gasteiger charge is -2.17. The number of sulfonamides is 1. The van der Waals surface area contributed by atoms with Crippen LogP contribution in [0.2, 0.25) is 0 Å². The maximum atomic E-state index is 11.9. The molecule has 1 aromatic carbocycles. The van der Waals surface area contributed by atoms with E-state index in [0.717, 1.165) is 6.42 Å². The number of ether oxygens (including phenoxy) is 1. The Labute approximate surface area is 120 Å². The largest absolute Gasteiger partial charge is 0.462 e. The molecule has 0 unspecified atom stereocenters. The first-order valence-electron chi connectivity index (χ1n) is 6.31. The van der Waals surface area contributed by atoms with Crippen LogP contribution in [-0.4, -0.2) is 21.0 Å². The van der Waals surface area contributed by atoms with Gasteiger partial charge in [0.1, 0.15) is 0 Å². The lowest BCUT2D eigenvalue weighted by molar-refractivity contribution is 0.0464. The van der Waals surface area contributed by atoms with Crippen molar-refractivity contribution in [1.29, 1.82) is 0 Å². The molecule has 20 heavy (non-hydrogen) atoms. The van der Waals surface area contributed by atoms with Crippen LogP contribution >= 0.6 is 0 Å². The highest BCUT2D eigenvalue weighted by Gasteiger charge is 2.17. The van der Waals surface area contributed by atoms with Gasteiger partial charge in [-0.1, -0.05) is 26.8 Å². The number of benzene rings is 1. The van der Waals surface area contributed by atoms with Gasteiger partial charge in [-0.25, -0.2) is 18.4 Å². The van der Waals surface area contributed by atoms with E-state index in [4.69, 9.17) is 9.88 Å². The van der Waals surface area contributed by atoms with Crippen LogP contribution in [-0.2, 0) is 14.8 Å². The number of rotatable bonds is 4. The molecule has 2 N–H and O–H groups in total. The molecule has 6 heteroatoms. The van der Waals surface area contributed by atoms with E-state index in [0.29, 0.717) is 12.2 Å². The zero-order valence-electron chi connectivity index (χ0n) is 12.3. The van der Waals surface area contributed by atoms with Crippen LogP contribution in [0.25, 0.3) is 0 Å². The van der Waals surface area contributed by atoms with Gasteiger partial charge in [0.25, 0.3) is 0 Å². The van der Waals surface area contributed by atoms with Crippen LogP contribution in [0.15, 0.2) is 23.1 Å². The van der Waals surface area contributed by atoms with Crippen LogP contribution in [0.4, 0.5) is 0 Å². The molecule has 0 fully saturated rings. The van der Waals surface area contributed by atoms with Gasteiger partial charge in [0.2, 0.25) is 10.0 Å². The third-order valence-corrected chi connectivity index (χ3v) is 3.87. The highest BCUT2D eigenvalue weighted by Crippen LogP contribution is 2.19. The van der Waals surface area contributed by atoms with Crippen molar-refractivity contribution in [3.8, 4) is 0 Å². The maximum Gasteiger partial charge on any atom is 0.338 e. The molecule has 5 nitrogen and oxygen atoms in total. The van der Waals surface area contributed by atoms with Crippen LogP contribution in [0, 0.1) is 12.3 Å². The SMILES string of the molecule is Cc1ccc(C(=O)OCCC(C)(C)C)cc1S(N)(=O)=O. The summed E-state index contributed by atoms with van der Waals surface area (Å²) in [7, 11) is -3.84. The molecule has 0 bridgehead atoms. The zero-order valence-corrected chi connectivity index (χ0v) is 13.1. The topological polar surface area (TPSA) is 86.5 Å². The summed E-state index contributed by atoms with van der Waals surface area (Å²) >= 11 is 0. The summed E-state index contributed by atoms with van der Waals surface area (Å²) in [6.07, 6.45) is 0.729. The Kier molecular flexibility index (Phi) is 4.94. The maximum absolute atomic E-state index is 11.9. The molecule has 0 aliphatic heterocycles. The molecule has 0 aliphatic carbocycles. The normalized spacial score (nSPS) is 12.2. The van der Waals surface area contributed by atoms with Gasteiger partial charge in [-0.3, -0.25) is 0 Å². The van der Waals surface area contributed by atoms with Crippen molar-refractivity contribution >= 4 is 16.0 Å². The Morgan fingerprint density at radius 2 is 1.90 bits per heavy atom. The van der Waals surface area contributed by atoms with E-state index >= 15 is 0 Å². The highest BCUT2D eigenvalue weighted by atomic mass is 32.2. The zero-order chi connectivity index (χ0) is 15.6. The second-order valence-corrected chi connectivity index (χ2v) is 7.50. The molecular formula is C14H21NO4S. The summed E-state index contributed by atoms with van der Waals surface area (Å²) in [6, 6.07) is 4.33. The van der Waals surface area contributed by atoms with E-state index in [9.17, 15) is 13.2 Å². The molecule has 1 aromatic rings. The molecule has 0 saturated heterocycles. The Balaban J connectivity index is 2.85. The van der Waals surface area contributed by atoms with Gasteiger partial charge >= 0.3 is 5.97 Å². The van der Waals surface area contributed by atoms with E-state index in [1.807, 2.05) is 20.8 Å². The quantitative estimate of drug-likeness (QED) is 0.864. The number of esters is 1. The Hall–Kier alpha value is -1.40. The summed E-state index contributed by atoms with van der Waals surface area (Å²) in [6.45, 7) is 8.05. The smallest absolute Gasteiger partial charge is 0.338 e. The summed E-state index contributed by atoms with van der Waals surface area (Å²) in [5.41, 5.74) is 0.756. The Bertz CT molecular complexity index is 600. The van der Waals surface area contributed by atoms with Crippen LogP contribution < -0.4 is 5.14 Å². The molecule has 0 radical (unpaired) electrons. The van der Waals surface area contributed by atoms with Gasteiger partial charge < -0.3 is 4.74 Å². The van der Waals surface area contributed by atoms with E-state index in [-0.39, 0.29) is 15.9 Å². The minimum atomic E-state index is -3.84. The van der Waals surface area contributed by atoms with Gasteiger partial charge in [-0.05, 0) is 36.5 Å². The van der Waals surface area contributed by atoms with Crippen LogP contribution in [0.3, 0.4) is 0 Å². The number of aryl methyl sites for hydroxylation is 1. The third-order valence-electron chi connectivity index (χ3n) is 2.82. The summed E-state index contributed by atoms with van der Waals surface area (Å²) in [5.74, 6) is -0.542. The molecule has 112 valence electrons. The summed E-state index contributed by atoms with van der Waals surface area (Å²) in [5, 5.41) is 5.10. The van der Waals surface area contributed by atoms with Crippen molar-refractivity contribution in [3.05, 3.63) is 29.3 Å². The van der Waals surface area contributed by atoms with Crippen molar-refractivity contribution in [3.63, 3.8) is 0 Å². The molecule has 0 heterocycles. The average Bonchev–Trinajstić information content (AvgIpc) is 2.26. The number of carbonyl (C=O) groups is 1. The Morgan fingerprint density at radius 1 is 1.30 bits per heavy atom. The molecule has 0 saturated carbocycles. The first kappa shape index (κ1) is 16.7. The standard InChI is InChI=1S/C14H21NO4S/c1-10-5-6-11(9-12(10)20(15,17)18)13(16)19-8-7-14(2,3)4/h5-6,9H,7-8H2,1-4H3,(H2,15,17,18). The highest BCUT2D eigenvalue weighted by molar-refractivity contribution is 7.89. The van der Waals surface area contributed by atoms with Crippen molar-refractivity contribution < 1.29 is 17.9 Å². The molecule has 1 rings (SSSR count). The van der Waals surface area contributed by atoms with Crippen molar-refractivity contribution in [2.75, 3.05) is 6.61 Å². The lowest BCUT2D eigenvalue weighted by Crippen LogP contribution is -2.16. The van der Waals surface area contributed by atoms with Gasteiger partial charge in [0.05, 0.1) is 17.1 Å². The Morgan fingerprint density at radius 3 is 2.40 bits per heavy atom. The predicted molar refractivity (Wildman–Crippen MR) is 76.9 cm³/mol. The monoisotopic (exact) mass is 299 g/mol. The number of carbonyl (C=O) groups excluding carboxylic acids is 1. The molecule has 0 aromatic heterocycles. The van der Waals surface area contributed by atoms with E-state index < -0.39 is 16.0 Å². The lowest BCUT2D eigenvalue weighted by atomic mass is 9.93. The minimum absolute atomic E-state index is 0.0530. The van der Waals surface area contributed by atoms with Crippen LogP contribution in [0.5, 0.6) is 0 Å². The van der Waals surface area contributed by atoms with Crippen LogP contribution in [0.1, 0.15) is 43.1 Å². The number of primary sulfonamides is 1. The fourth-order valence-corrected chi connectivity index (χ4v) is 2.37. The number of hydrogen-bond acceptors (Lipinski definition) is 4.